The maximum Gasteiger partial charge on any atom is 0.206 e. The summed E-state index contributed by atoms with van der Waals surface area (Å²) in [5.41, 5.74) is 1.46. The minimum Gasteiger partial charge on any atom is -0.294 e. The van der Waals surface area contributed by atoms with Crippen LogP contribution in [-0.2, 0) is 4.79 Å². The fourth-order valence-corrected chi connectivity index (χ4v) is 1.84. The van der Waals surface area contributed by atoms with Crippen molar-refractivity contribution >= 4 is 12.1 Å². The largest absolute Gasteiger partial charge is 0.294 e. The first-order valence-corrected chi connectivity index (χ1v) is 5.82. The van der Waals surface area contributed by atoms with Crippen LogP contribution in [0.4, 0.5) is 0 Å². The van der Waals surface area contributed by atoms with Gasteiger partial charge in [-0.05, 0) is 5.56 Å². The van der Waals surface area contributed by atoms with E-state index in [1.165, 1.54) is 0 Å². The summed E-state index contributed by atoms with van der Waals surface area (Å²) in [5.74, 6) is -0.522. The van der Waals surface area contributed by atoms with Crippen molar-refractivity contribution in [2.45, 2.75) is 12.3 Å². The highest BCUT2D eigenvalue weighted by atomic mass is 16.1. The highest BCUT2D eigenvalue weighted by molar-refractivity contribution is 5.98. The minimum atomic E-state index is -0.487. The second kappa shape index (κ2) is 5.92. The van der Waals surface area contributed by atoms with Crippen molar-refractivity contribution in [1.82, 2.24) is 0 Å². The Labute approximate surface area is 106 Å². The van der Waals surface area contributed by atoms with Crippen LogP contribution >= 0.6 is 0 Å². The second-order valence-electron chi connectivity index (χ2n) is 4.07. The molecule has 0 aromatic heterocycles. The van der Waals surface area contributed by atoms with E-state index in [4.69, 9.17) is 0 Å². The van der Waals surface area contributed by atoms with Crippen LogP contribution in [0.2, 0.25) is 0 Å². The molecule has 0 aliphatic rings. The molecule has 0 aliphatic heterocycles. The summed E-state index contributed by atoms with van der Waals surface area (Å²) in [6.07, 6.45) is 2.11. The van der Waals surface area contributed by atoms with Crippen molar-refractivity contribution in [2.24, 2.45) is 0 Å². The predicted molar refractivity (Wildman–Crippen MR) is 70.3 cm³/mol. The van der Waals surface area contributed by atoms with Gasteiger partial charge in [0.05, 0.1) is 5.92 Å². The van der Waals surface area contributed by atoms with Crippen LogP contribution in [0.1, 0.15) is 28.3 Å². The van der Waals surface area contributed by atoms with E-state index in [0.29, 0.717) is 5.56 Å². The Morgan fingerprint density at radius 2 is 1.50 bits per heavy atom. The highest BCUT2D eigenvalue weighted by Crippen LogP contribution is 2.19. The average Bonchev–Trinajstić information content (AvgIpc) is 2.46. The lowest BCUT2D eigenvalue weighted by molar-refractivity contribution is 0.0979. The van der Waals surface area contributed by atoms with E-state index in [1.54, 1.807) is 12.1 Å². The number of hydrogen-bond acceptors (Lipinski definition) is 2. The molecule has 1 atom stereocenters. The third-order valence-electron chi connectivity index (χ3n) is 2.83. The van der Waals surface area contributed by atoms with Gasteiger partial charge in [0, 0.05) is 12.0 Å². The van der Waals surface area contributed by atoms with E-state index in [2.05, 4.69) is 0 Å². The van der Waals surface area contributed by atoms with Gasteiger partial charge in [0.2, 0.25) is 6.29 Å². The number of ketones is 1. The first-order valence-electron chi connectivity index (χ1n) is 5.82. The zero-order valence-electron chi connectivity index (χ0n) is 9.87. The third-order valence-corrected chi connectivity index (χ3v) is 2.83. The van der Waals surface area contributed by atoms with Crippen LogP contribution in [0.3, 0.4) is 0 Å². The lowest BCUT2D eigenvalue weighted by Crippen LogP contribution is -2.08. The van der Waals surface area contributed by atoms with Crippen molar-refractivity contribution < 1.29 is 9.59 Å². The van der Waals surface area contributed by atoms with Gasteiger partial charge >= 0.3 is 0 Å². The van der Waals surface area contributed by atoms with Crippen LogP contribution in [0, 0.1) is 0 Å². The zero-order valence-corrected chi connectivity index (χ0v) is 9.87. The summed E-state index contributed by atoms with van der Waals surface area (Å²) in [7, 11) is 0. The summed E-state index contributed by atoms with van der Waals surface area (Å²) in [6.45, 7) is 0. The molecular formula is C16H13O2. The zero-order chi connectivity index (χ0) is 12.8. The number of carbonyl (C=O) groups excluding carboxylic acids is 2. The van der Waals surface area contributed by atoms with E-state index in [9.17, 15) is 9.59 Å². The lowest BCUT2D eigenvalue weighted by Gasteiger charge is -2.08. The van der Waals surface area contributed by atoms with Crippen molar-refractivity contribution in [3.05, 3.63) is 71.8 Å². The molecule has 2 rings (SSSR count). The summed E-state index contributed by atoms with van der Waals surface area (Å²) in [6, 6.07) is 18.3. The molecular weight excluding hydrogens is 224 g/mol. The van der Waals surface area contributed by atoms with Gasteiger partial charge in [-0.2, -0.15) is 0 Å². The molecule has 0 bridgehead atoms. The van der Waals surface area contributed by atoms with Crippen molar-refractivity contribution in [1.29, 1.82) is 0 Å². The van der Waals surface area contributed by atoms with E-state index in [1.807, 2.05) is 54.8 Å². The molecule has 0 saturated heterocycles. The maximum absolute atomic E-state index is 12.0. The van der Waals surface area contributed by atoms with Crippen LogP contribution in [0.15, 0.2) is 60.7 Å². The summed E-state index contributed by atoms with van der Waals surface area (Å²) < 4.78 is 0. The van der Waals surface area contributed by atoms with Gasteiger partial charge in [-0.15, -0.1) is 0 Å². The molecule has 0 aliphatic carbocycles. The molecule has 0 heterocycles. The summed E-state index contributed by atoms with van der Waals surface area (Å²) in [5, 5.41) is 0. The number of hydrogen-bond donors (Lipinski definition) is 0. The Bertz CT molecular complexity index is 517. The maximum atomic E-state index is 12.0. The standard InChI is InChI=1S/C16H13O2/c17-12-15(13-7-3-1-4-8-13)11-16(18)14-9-5-2-6-10-14/h1-10,15H,11H2. The number of carbonyl (C=O) groups is 1. The summed E-state index contributed by atoms with van der Waals surface area (Å²) in [4.78, 5) is 23.0. The highest BCUT2D eigenvalue weighted by Gasteiger charge is 2.16. The number of Topliss-reactive ketones (excluding diaryl/α,β-unsaturated/α-hetero) is 1. The summed E-state index contributed by atoms with van der Waals surface area (Å²) >= 11 is 0. The smallest absolute Gasteiger partial charge is 0.206 e. The van der Waals surface area contributed by atoms with E-state index >= 15 is 0 Å². The minimum absolute atomic E-state index is 0.0344. The topological polar surface area (TPSA) is 34.1 Å². The van der Waals surface area contributed by atoms with Gasteiger partial charge in [0.15, 0.2) is 5.78 Å². The Morgan fingerprint density at radius 1 is 0.944 bits per heavy atom. The van der Waals surface area contributed by atoms with E-state index in [-0.39, 0.29) is 12.2 Å². The molecule has 2 aromatic rings. The first kappa shape index (κ1) is 12.2. The van der Waals surface area contributed by atoms with Gasteiger partial charge in [-0.3, -0.25) is 9.59 Å². The molecule has 0 amide bonds. The fourth-order valence-electron chi connectivity index (χ4n) is 1.84. The van der Waals surface area contributed by atoms with Crippen molar-refractivity contribution in [3.8, 4) is 0 Å². The molecule has 2 heteroatoms. The fraction of sp³-hybridized carbons (Fsp3) is 0.125. The molecule has 1 radical (unpaired) electrons. The Morgan fingerprint density at radius 3 is 2.06 bits per heavy atom. The van der Waals surface area contributed by atoms with Crippen molar-refractivity contribution in [2.75, 3.05) is 0 Å². The molecule has 0 N–H and O–H groups in total. The molecule has 2 aromatic carbocycles. The van der Waals surface area contributed by atoms with Gasteiger partial charge in [0.25, 0.3) is 0 Å². The SMILES string of the molecule is O=[C]C(CC(=O)c1ccccc1)c1ccccc1. The molecule has 89 valence electrons. The average molecular weight is 237 g/mol. The van der Waals surface area contributed by atoms with Gasteiger partial charge in [0.1, 0.15) is 0 Å². The van der Waals surface area contributed by atoms with Gasteiger partial charge in [-0.1, -0.05) is 60.7 Å². The molecule has 0 fully saturated rings. The molecule has 0 saturated carbocycles. The molecule has 1 unspecified atom stereocenters. The Balaban J connectivity index is 2.13. The lowest BCUT2D eigenvalue weighted by atomic mass is 9.93. The van der Waals surface area contributed by atoms with Crippen LogP contribution in [0.25, 0.3) is 0 Å². The van der Waals surface area contributed by atoms with Crippen LogP contribution in [-0.4, -0.2) is 12.1 Å². The normalized spacial score (nSPS) is 11.8. The van der Waals surface area contributed by atoms with Gasteiger partial charge in [-0.25, -0.2) is 0 Å². The van der Waals surface area contributed by atoms with E-state index < -0.39 is 5.92 Å². The van der Waals surface area contributed by atoms with Crippen molar-refractivity contribution in [3.63, 3.8) is 0 Å². The Hall–Kier alpha value is -2.22. The predicted octanol–water partition coefficient (Wildman–Crippen LogP) is 3.15. The van der Waals surface area contributed by atoms with Crippen LogP contribution < -0.4 is 0 Å². The first-order chi connectivity index (χ1) is 8.81. The number of benzene rings is 2. The monoisotopic (exact) mass is 237 g/mol. The second-order valence-corrected chi connectivity index (χ2v) is 4.07. The van der Waals surface area contributed by atoms with Crippen LogP contribution in [0.5, 0.6) is 0 Å². The Kier molecular flexibility index (Phi) is 4.02. The molecule has 0 spiro atoms. The molecule has 18 heavy (non-hydrogen) atoms. The number of rotatable bonds is 5. The van der Waals surface area contributed by atoms with Gasteiger partial charge < -0.3 is 0 Å². The third kappa shape index (κ3) is 2.92. The van der Waals surface area contributed by atoms with E-state index in [0.717, 1.165) is 5.56 Å². The quantitative estimate of drug-likeness (QED) is 0.748. The molecule has 2 nitrogen and oxygen atoms in total.